The van der Waals surface area contributed by atoms with E-state index < -0.39 is 0 Å². The molecule has 0 aromatic heterocycles. The van der Waals surface area contributed by atoms with Crippen molar-refractivity contribution in [2.75, 3.05) is 0 Å². The largest absolute Gasteiger partial charge is 0.290 e. The predicted octanol–water partition coefficient (Wildman–Crippen LogP) is 4.27. The molecule has 1 saturated carbocycles. The van der Waals surface area contributed by atoms with Crippen molar-refractivity contribution in [3.05, 3.63) is 29.8 Å². The van der Waals surface area contributed by atoms with Gasteiger partial charge in [-0.2, -0.15) is 0 Å². The standard InChI is InChI=1S/C13H17O/c14-13-9-7-12(8-10-13)11-5-3-1-2-4-6-11/h7-11H,1-6H2. The highest BCUT2D eigenvalue weighted by molar-refractivity contribution is 5.28. The van der Waals surface area contributed by atoms with Gasteiger partial charge in [0.2, 0.25) is 0 Å². The lowest BCUT2D eigenvalue weighted by Crippen LogP contribution is -1.96. The molecule has 0 spiro atoms. The Hall–Kier alpha value is -0.980. The van der Waals surface area contributed by atoms with Crippen LogP contribution in [0, 0.1) is 0 Å². The quantitative estimate of drug-likeness (QED) is 0.588. The topological polar surface area (TPSA) is 19.9 Å². The first-order valence-corrected chi connectivity index (χ1v) is 5.63. The fourth-order valence-corrected chi connectivity index (χ4v) is 2.35. The average Bonchev–Trinajstić information content (AvgIpc) is 2.47. The van der Waals surface area contributed by atoms with Gasteiger partial charge in [0.25, 0.3) is 0 Å². The Morgan fingerprint density at radius 3 is 2.00 bits per heavy atom. The second kappa shape index (κ2) is 4.50. The minimum absolute atomic E-state index is 0.127. The van der Waals surface area contributed by atoms with Crippen LogP contribution in [0.2, 0.25) is 0 Å². The molecule has 0 unspecified atom stereocenters. The van der Waals surface area contributed by atoms with Crippen molar-refractivity contribution in [3.63, 3.8) is 0 Å². The van der Waals surface area contributed by atoms with Crippen molar-refractivity contribution in [1.82, 2.24) is 0 Å². The van der Waals surface area contributed by atoms with Gasteiger partial charge in [0.15, 0.2) is 5.75 Å². The molecule has 75 valence electrons. The first-order chi connectivity index (χ1) is 6.86. The van der Waals surface area contributed by atoms with E-state index in [2.05, 4.69) is 0 Å². The zero-order valence-electron chi connectivity index (χ0n) is 8.54. The van der Waals surface area contributed by atoms with Crippen molar-refractivity contribution in [3.8, 4) is 5.75 Å². The van der Waals surface area contributed by atoms with Crippen molar-refractivity contribution in [2.24, 2.45) is 0 Å². The summed E-state index contributed by atoms with van der Waals surface area (Å²) in [7, 11) is 0. The van der Waals surface area contributed by atoms with Gasteiger partial charge in [-0.25, -0.2) is 0 Å². The van der Waals surface area contributed by atoms with Gasteiger partial charge in [0, 0.05) is 0 Å². The lowest BCUT2D eigenvalue weighted by molar-refractivity contribution is 0.354. The van der Waals surface area contributed by atoms with E-state index in [4.69, 9.17) is 0 Å². The summed E-state index contributed by atoms with van der Waals surface area (Å²) in [6.45, 7) is 0. The second-order valence-corrected chi connectivity index (χ2v) is 4.26. The van der Waals surface area contributed by atoms with Crippen LogP contribution >= 0.6 is 0 Å². The maximum Gasteiger partial charge on any atom is 0.178 e. The summed E-state index contributed by atoms with van der Waals surface area (Å²) < 4.78 is 0. The average molecular weight is 189 g/mol. The third-order valence-electron chi connectivity index (χ3n) is 3.21. The van der Waals surface area contributed by atoms with Gasteiger partial charge in [0.1, 0.15) is 0 Å². The Balaban J connectivity index is 2.08. The molecule has 1 aliphatic rings. The summed E-state index contributed by atoms with van der Waals surface area (Å²) in [6, 6.07) is 7.41. The molecule has 1 aromatic carbocycles. The number of benzene rings is 1. The molecule has 0 atom stereocenters. The molecule has 0 bridgehead atoms. The van der Waals surface area contributed by atoms with Gasteiger partial charge < -0.3 is 0 Å². The van der Waals surface area contributed by atoms with Crippen LogP contribution in [0.1, 0.15) is 50.0 Å². The lowest BCUT2D eigenvalue weighted by Gasteiger charge is -2.13. The van der Waals surface area contributed by atoms with E-state index in [1.165, 1.54) is 44.1 Å². The Morgan fingerprint density at radius 2 is 1.43 bits per heavy atom. The predicted molar refractivity (Wildman–Crippen MR) is 57.0 cm³/mol. The molecule has 1 fully saturated rings. The number of hydrogen-bond acceptors (Lipinski definition) is 0. The van der Waals surface area contributed by atoms with Crippen molar-refractivity contribution in [2.45, 2.75) is 44.4 Å². The van der Waals surface area contributed by atoms with E-state index >= 15 is 0 Å². The minimum Gasteiger partial charge on any atom is -0.290 e. The van der Waals surface area contributed by atoms with Crippen LogP contribution in [0.15, 0.2) is 24.3 Å². The van der Waals surface area contributed by atoms with E-state index in [0.717, 1.165) is 0 Å². The number of hydrogen-bond donors (Lipinski definition) is 0. The van der Waals surface area contributed by atoms with Gasteiger partial charge in [-0.3, -0.25) is 5.11 Å². The summed E-state index contributed by atoms with van der Waals surface area (Å²) in [5.41, 5.74) is 1.37. The van der Waals surface area contributed by atoms with Crippen molar-refractivity contribution >= 4 is 0 Å². The Bertz CT molecular complexity index is 268. The van der Waals surface area contributed by atoms with Crippen molar-refractivity contribution in [1.29, 1.82) is 0 Å². The maximum absolute atomic E-state index is 11.0. The Labute approximate surface area is 85.8 Å². The highest BCUT2D eigenvalue weighted by Crippen LogP contribution is 2.32. The minimum atomic E-state index is 0.127. The first kappa shape index (κ1) is 9.57. The summed E-state index contributed by atoms with van der Waals surface area (Å²) >= 11 is 0. The van der Waals surface area contributed by atoms with Gasteiger partial charge in [-0.15, -0.1) is 0 Å². The molecule has 0 amide bonds. The van der Waals surface area contributed by atoms with E-state index in [1.54, 1.807) is 12.1 Å². The summed E-state index contributed by atoms with van der Waals surface area (Å²) in [5.74, 6) is 0.834. The molecule has 0 heterocycles. The van der Waals surface area contributed by atoms with E-state index in [1.807, 2.05) is 12.1 Å². The van der Waals surface area contributed by atoms with Crippen molar-refractivity contribution < 1.29 is 5.11 Å². The van der Waals surface area contributed by atoms with Crippen LogP contribution in [0.4, 0.5) is 0 Å². The monoisotopic (exact) mass is 189 g/mol. The maximum atomic E-state index is 11.0. The fourth-order valence-electron chi connectivity index (χ4n) is 2.35. The molecular formula is C13H17O. The summed E-state index contributed by atoms with van der Waals surface area (Å²) in [5, 5.41) is 11.0. The van der Waals surface area contributed by atoms with Crippen LogP contribution in [-0.2, 0) is 5.11 Å². The zero-order chi connectivity index (χ0) is 9.80. The van der Waals surface area contributed by atoms with Gasteiger partial charge in [0.05, 0.1) is 0 Å². The van der Waals surface area contributed by atoms with Crippen LogP contribution in [0.5, 0.6) is 5.75 Å². The van der Waals surface area contributed by atoms with Gasteiger partial charge in [-0.1, -0.05) is 37.8 Å². The number of rotatable bonds is 1. The molecule has 1 radical (unpaired) electrons. The van der Waals surface area contributed by atoms with E-state index in [9.17, 15) is 5.11 Å². The smallest absolute Gasteiger partial charge is 0.178 e. The molecule has 0 aliphatic heterocycles. The molecular weight excluding hydrogens is 172 g/mol. The third-order valence-corrected chi connectivity index (χ3v) is 3.21. The summed E-state index contributed by atoms with van der Waals surface area (Å²) in [4.78, 5) is 0. The summed E-state index contributed by atoms with van der Waals surface area (Å²) in [6.07, 6.45) is 8.08. The van der Waals surface area contributed by atoms with Crippen LogP contribution in [0.25, 0.3) is 0 Å². The lowest BCUT2D eigenvalue weighted by atomic mass is 9.92. The molecule has 1 aliphatic carbocycles. The normalized spacial score (nSPS) is 19.1. The molecule has 0 saturated heterocycles. The zero-order valence-corrected chi connectivity index (χ0v) is 8.54. The van der Waals surface area contributed by atoms with E-state index in [0.29, 0.717) is 5.92 Å². The van der Waals surface area contributed by atoms with Gasteiger partial charge >= 0.3 is 0 Å². The highest BCUT2D eigenvalue weighted by atomic mass is 16.3. The first-order valence-electron chi connectivity index (χ1n) is 5.63. The molecule has 14 heavy (non-hydrogen) atoms. The Kier molecular flexibility index (Phi) is 3.07. The highest BCUT2D eigenvalue weighted by Gasteiger charge is 2.13. The van der Waals surface area contributed by atoms with Crippen LogP contribution in [0.3, 0.4) is 0 Å². The molecule has 1 aromatic rings. The van der Waals surface area contributed by atoms with Gasteiger partial charge in [-0.05, 0) is 36.5 Å². The third kappa shape index (κ3) is 2.28. The molecule has 0 N–H and O–H groups in total. The fraction of sp³-hybridized carbons (Fsp3) is 0.538. The molecule has 2 rings (SSSR count). The molecule has 1 heteroatoms. The van der Waals surface area contributed by atoms with Crippen LogP contribution < -0.4 is 0 Å². The van der Waals surface area contributed by atoms with Crippen LogP contribution in [-0.4, -0.2) is 0 Å². The SMILES string of the molecule is [O]c1ccc(C2CCCCCC2)cc1. The van der Waals surface area contributed by atoms with E-state index in [-0.39, 0.29) is 5.75 Å². The second-order valence-electron chi connectivity index (χ2n) is 4.26. The Morgan fingerprint density at radius 1 is 0.857 bits per heavy atom. The molecule has 1 nitrogen and oxygen atoms in total.